The maximum atomic E-state index is 12.8. The number of nitrogens with one attached hydrogen (secondary N) is 1. The van der Waals surface area contributed by atoms with Crippen molar-refractivity contribution < 1.29 is 13.2 Å². The van der Waals surface area contributed by atoms with Crippen molar-refractivity contribution in [1.29, 1.82) is 0 Å². The van der Waals surface area contributed by atoms with E-state index < -0.39 is 15.9 Å². The smallest absolute Gasteiger partial charge is 0.257 e. The molecule has 1 amide bonds. The third-order valence-corrected chi connectivity index (χ3v) is 7.67. The number of anilines is 1. The first-order valence-electron chi connectivity index (χ1n) is 8.93. The lowest BCUT2D eigenvalue weighted by molar-refractivity contribution is 0.102. The van der Waals surface area contributed by atoms with Crippen molar-refractivity contribution in [2.75, 3.05) is 18.4 Å². The van der Waals surface area contributed by atoms with Crippen molar-refractivity contribution in [2.24, 2.45) is 0 Å². The average Bonchev–Trinajstić information content (AvgIpc) is 3.41. The number of nitrogens with zero attached hydrogens (tertiary/aromatic N) is 3. The van der Waals surface area contributed by atoms with Gasteiger partial charge in [0.1, 0.15) is 10.6 Å². The normalized spacial score (nSPS) is 14.8. The molecule has 1 N–H and O–H groups in total. The van der Waals surface area contributed by atoms with Gasteiger partial charge in [-0.2, -0.15) is 4.31 Å². The molecule has 0 bridgehead atoms. The number of benzene rings is 1. The van der Waals surface area contributed by atoms with Crippen molar-refractivity contribution in [3.63, 3.8) is 0 Å². The van der Waals surface area contributed by atoms with Crippen LogP contribution in [-0.4, -0.2) is 41.7 Å². The number of halogens is 1. The molecule has 7 nitrogen and oxygen atoms in total. The van der Waals surface area contributed by atoms with E-state index in [1.54, 1.807) is 11.6 Å². The van der Waals surface area contributed by atoms with E-state index in [1.165, 1.54) is 33.8 Å². The minimum Gasteiger partial charge on any atom is -0.298 e. The van der Waals surface area contributed by atoms with Gasteiger partial charge in [0.15, 0.2) is 5.13 Å². The Labute approximate surface area is 177 Å². The zero-order valence-electron chi connectivity index (χ0n) is 15.2. The van der Waals surface area contributed by atoms with Crippen LogP contribution in [0.15, 0.2) is 52.9 Å². The Morgan fingerprint density at radius 1 is 1.14 bits per heavy atom. The molecule has 4 rings (SSSR count). The van der Waals surface area contributed by atoms with Crippen LogP contribution in [-0.2, 0) is 10.0 Å². The number of thiazole rings is 1. The molecule has 1 aromatic carbocycles. The first-order valence-corrected chi connectivity index (χ1v) is 11.6. The van der Waals surface area contributed by atoms with Gasteiger partial charge in [-0.25, -0.2) is 13.4 Å². The number of hydrogen-bond acceptors (Lipinski definition) is 6. The molecular formula is C19H17ClN4O3S2. The summed E-state index contributed by atoms with van der Waals surface area (Å²) in [6.07, 6.45) is 3.31. The van der Waals surface area contributed by atoms with Gasteiger partial charge in [0.2, 0.25) is 10.0 Å². The van der Waals surface area contributed by atoms with Gasteiger partial charge in [0, 0.05) is 30.2 Å². The molecule has 1 fully saturated rings. The third kappa shape index (κ3) is 4.18. The van der Waals surface area contributed by atoms with Gasteiger partial charge in [-0.05, 0) is 43.2 Å². The van der Waals surface area contributed by atoms with Gasteiger partial charge < -0.3 is 0 Å². The zero-order valence-corrected chi connectivity index (χ0v) is 17.6. The number of hydrogen-bond donors (Lipinski definition) is 1. The molecule has 0 spiro atoms. The van der Waals surface area contributed by atoms with E-state index >= 15 is 0 Å². The summed E-state index contributed by atoms with van der Waals surface area (Å²) in [7, 11) is -3.73. The zero-order chi connectivity index (χ0) is 20.4. The van der Waals surface area contributed by atoms with Crippen molar-refractivity contribution in [1.82, 2.24) is 14.3 Å². The molecule has 1 aliphatic rings. The second-order valence-electron chi connectivity index (χ2n) is 6.46. The monoisotopic (exact) mass is 448 g/mol. The van der Waals surface area contributed by atoms with E-state index in [-0.39, 0.29) is 15.5 Å². The summed E-state index contributed by atoms with van der Waals surface area (Å²) in [5, 5.41) is 5.00. The number of carbonyl (C=O) groups is 1. The summed E-state index contributed by atoms with van der Waals surface area (Å²) >= 11 is 7.41. The van der Waals surface area contributed by atoms with E-state index in [4.69, 9.17) is 11.6 Å². The van der Waals surface area contributed by atoms with Crippen molar-refractivity contribution in [3.8, 4) is 11.4 Å². The molecule has 29 heavy (non-hydrogen) atoms. The summed E-state index contributed by atoms with van der Waals surface area (Å²) in [5.74, 6) is -0.457. The van der Waals surface area contributed by atoms with Crippen LogP contribution in [0.25, 0.3) is 11.4 Å². The Bertz CT molecular complexity index is 1140. The van der Waals surface area contributed by atoms with Crippen LogP contribution in [0.4, 0.5) is 5.13 Å². The molecule has 2 aromatic heterocycles. The predicted octanol–water partition coefficient (Wildman–Crippen LogP) is 3.90. The fourth-order valence-electron chi connectivity index (χ4n) is 3.04. The predicted molar refractivity (Wildman–Crippen MR) is 113 cm³/mol. The molecule has 150 valence electrons. The summed E-state index contributed by atoms with van der Waals surface area (Å²) in [6.45, 7) is 0.926. The second kappa shape index (κ2) is 8.19. The molecule has 1 aliphatic heterocycles. The van der Waals surface area contributed by atoms with Crippen LogP contribution < -0.4 is 5.32 Å². The van der Waals surface area contributed by atoms with Gasteiger partial charge in [-0.3, -0.25) is 15.1 Å². The number of carbonyl (C=O) groups excluding carboxylic acids is 1. The first-order chi connectivity index (χ1) is 13.9. The average molecular weight is 449 g/mol. The van der Waals surface area contributed by atoms with Crippen LogP contribution >= 0.6 is 22.9 Å². The van der Waals surface area contributed by atoms with Crippen LogP contribution in [0.3, 0.4) is 0 Å². The molecule has 1 saturated heterocycles. The van der Waals surface area contributed by atoms with Crippen LogP contribution in [0.2, 0.25) is 5.02 Å². The number of amides is 1. The summed E-state index contributed by atoms with van der Waals surface area (Å²) in [6, 6.07) is 9.74. The van der Waals surface area contributed by atoms with Gasteiger partial charge in [0.05, 0.1) is 10.7 Å². The molecule has 0 aliphatic carbocycles. The minimum atomic E-state index is -3.73. The van der Waals surface area contributed by atoms with Gasteiger partial charge >= 0.3 is 0 Å². The lowest BCUT2D eigenvalue weighted by Crippen LogP contribution is -2.28. The van der Waals surface area contributed by atoms with E-state index in [1.807, 2.05) is 18.2 Å². The SMILES string of the molecule is O=C(Nc1nc(-c2ccccn2)cs1)c1ccc(Cl)c(S(=O)(=O)N2CCCC2)c1. The van der Waals surface area contributed by atoms with E-state index in [0.29, 0.717) is 29.6 Å². The fourth-order valence-corrected chi connectivity index (χ4v) is 5.76. The van der Waals surface area contributed by atoms with Crippen LogP contribution in [0, 0.1) is 0 Å². The topological polar surface area (TPSA) is 92.3 Å². The molecular weight excluding hydrogens is 432 g/mol. The molecule has 3 aromatic rings. The van der Waals surface area contributed by atoms with Gasteiger partial charge in [-0.15, -0.1) is 11.3 Å². The van der Waals surface area contributed by atoms with E-state index in [0.717, 1.165) is 12.8 Å². The highest BCUT2D eigenvalue weighted by atomic mass is 35.5. The Morgan fingerprint density at radius 3 is 2.66 bits per heavy atom. The molecule has 0 saturated carbocycles. The highest BCUT2D eigenvalue weighted by Crippen LogP contribution is 2.29. The Morgan fingerprint density at radius 2 is 1.93 bits per heavy atom. The summed E-state index contributed by atoms with van der Waals surface area (Å²) in [5.41, 5.74) is 1.55. The largest absolute Gasteiger partial charge is 0.298 e. The van der Waals surface area contributed by atoms with Crippen molar-refractivity contribution in [2.45, 2.75) is 17.7 Å². The maximum Gasteiger partial charge on any atom is 0.257 e. The Kier molecular flexibility index (Phi) is 5.64. The molecule has 0 atom stereocenters. The van der Waals surface area contributed by atoms with Crippen LogP contribution in [0.5, 0.6) is 0 Å². The van der Waals surface area contributed by atoms with Gasteiger partial charge in [-0.1, -0.05) is 17.7 Å². The maximum absolute atomic E-state index is 12.8. The molecule has 10 heteroatoms. The second-order valence-corrected chi connectivity index (χ2v) is 9.64. The molecule has 3 heterocycles. The minimum absolute atomic E-state index is 0.0537. The van der Waals surface area contributed by atoms with Crippen LogP contribution in [0.1, 0.15) is 23.2 Å². The fraction of sp³-hybridized carbons (Fsp3) is 0.211. The number of rotatable bonds is 5. The number of sulfonamides is 1. The van der Waals surface area contributed by atoms with Crippen molar-refractivity contribution >= 4 is 44.0 Å². The summed E-state index contributed by atoms with van der Waals surface area (Å²) in [4.78, 5) is 21.2. The standard InChI is InChI=1S/C19H17ClN4O3S2/c20-14-7-6-13(11-17(14)29(26,27)24-9-3-4-10-24)18(25)23-19-22-16(12-28-19)15-5-1-2-8-21-15/h1-2,5-8,11-12H,3-4,9-10H2,(H,22,23,25). The third-order valence-electron chi connectivity index (χ3n) is 4.53. The summed E-state index contributed by atoms with van der Waals surface area (Å²) < 4.78 is 27.1. The lowest BCUT2D eigenvalue weighted by atomic mass is 10.2. The van der Waals surface area contributed by atoms with E-state index in [2.05, 4.69) is 15.3 Å². The Balaban J connectivity index is 1.56. The van der Waals surface area contributed by atoms with Gasteiger partial charge in [0.25, 0.3) is 5.91 Å². The first kappa shape index (κ1) is 20.0. The highest BCUT2D eigenvalue weighted by Gasteiger charge is 2.29. The van der Waals surface area contributed by atoms with Crippen molar-refractivity contribution in [3.05, 3.63) is 58.6 Å². The Hall–Kier alpha value is -2.33. The lowest BCUT2D eigenvalue weighted by Gasteiger charge is -2.17. The number of pyridine rings is 1. The molecule has 0 unspecified atom stereocenters. The quantitative estimate of drug-likeness (QED) is 0.639. The molecule has 0 radical (unpaired) electrons. The highest BCUT2D eigenvalue weighted by molar-refractivity contribution is 7.89. The van der Waals surface area contributed by atoms with E-state index in [9.17, 15) is 13.2 Å². The number of aromatic nitrogens is 2.